The molecule has 4 heterocycles. The van der Waals surface area contributed by atoms with E-state index >= 15 is 0 Å². The molecule has 4 aromatic rings. The molecule has 7 nitrogen and oxygen atoms in total. The van der Waals surface area contributed by atoms with Crippen LogP contribution in [0.5, 0.6) is 0 Å². The number of hydrogen-bond donors (Lipinski definition) is 0. The van der Waals surface area contributed by atoms with E-state index in [9.17, 15) is 0 Å². The summed E-state index contributed by atoms with van der Waals surface area (Å²) in [5.74, 6) is 0. The molecular formula is C9H4BrN7. The van der Waals surface area contributed by atoms with Crippen LogP contribution >= 0.6 is 15.9 Å². The predicted molar refractivity (Wildman–Crippen MR) is 60.3 cm³/mol. The first-order valence-electron chi connectivity index (χ1n) is 4.83. The van der Waals surface area contributed by atoms with E-state index in [1.807, 2.05) is 0 Å². The van der Waals surface area contributed by atoms with Gasteiger partial charge in [-0.3, -0.25) is 0 Å². The van der Waals surface area contributed by atoms with Crippen molar-refractivity contribution in [3.8, 4) is 0 Å². The molecule has 0 amide bonds. The normalized spacial score (nSPS) is 11.8. The molecule has 8 heteroatoms. The van der Waals surface area contributed by atoms with Crippen molar-refractivity contribution in [3.63, 3.8) is 0 Å². The van der Waals surface area contributed by atoms with Crippen molar-refractivity contribution < 1.29 is 4.63 Å². The van der Waals surface area contributed by atoms with E-state index in [1.165, 1.54) is 0 Å². The van der Waals surface area contributed by atoms with E-state index in [0.29, 0.717) is 16.9 Å². The summed E-state index contributed by atoms with van der Waals surface area (Å²) >= 11 is 3.48. The molecule has 0 aliphatic carbocycles. The average molecular weight is 290 g/mol. The molecule has 0 aliphatic rings. The second-order valence-electron chi connectivity index (χ2n) is 3.42. The standard InChI is InChI=1S/C9H4BrN7/c10-6-5-8(13-3-1-11-5)17-15-7-9(16(6)17)14-4-2-12-7/h1-4H. The third-order valence-corrected chi connectivity index (χ3v) is 3.20. The zero-order valence-corrected chi connectivity index (χ0v) is 9.90. The highest BCUT2D eigenvalue weighted by molar-refractivity contribution is 9.10. The Morgan fingerprint density at radius 2 is 1.82 bits per heavy atom. The maximum Gasteiger partial charge on any atom is 0.372 e. The quantitative estimate of drug-likeness (QED) is 0.430. The molecule has 0 saturated heterocycles. The highest BCUT2D eigenvalue weighted by atomic mass is 79.9. The first-order chi connectivity index (χ1) is 8.36. The summed E-state index contributed by atoms with van der Waals surface area (Å²) in [6.07, 6.45) is 6.50. The summed E-state index contributed by atoms with van der Waals surface area (Å²) in [6, 6.07) is 0. The molecule has 4 aromatic heterocycles. The van der Waals surface area contributed by atoms with Crippen molar-refractivity contribution in [2.45, 2.75) is 0 Å². The minimum Gasteiger partial charge on any atom is -0.363 e. The maximum absolute atomic E-state index is 4.34. The monoisotopic (exact) mass is 289 g/mol. The van der Waals surface area contributed by atoms with Gasteiger partial charge in [0, 0.05) is 6.20 Å². The van der Waals surface area contributed by atoms with Gasteiger partial charge in [0.2, 0.25) is 0 Å². The summed E-state index contributed by atoms with van der Waals surface area (Å²) in [7, 11) is 0. The van der Waals surface area contributed by atoms with E-state index < -0.39 is 0 Å². The number of fused-ring (bicyclic) bond motifs is 5. The highest BCUT2D eigenvalue weighted by Crippen LogP contribution is 2.19. The number of nitrogens with zero attached hydrogens (tertiary/aromatic N) is 7. The van der Waals surface area contributed by atoms with Gasteiger partial charge in [-0.15, -0.1) is 4.63 Å². The lowest BCUT2D eigenvalue weighted by atomic mass is 10.5. The van der Waals surface area contributed by atoms with Crippen LogP contribution in [0.25, 0.3) is 22.5 Å². The van der Waals surface area contributed by atoms with Gasteiger partial charge in [0.05, 0.1) is 11.8 Å². The zero-order valence-electron chi connectivity index (χ0n) is 8.32. The van der Waals surface area contributed by atoms with Crippen LogP contribution in [0.2, 0.25) is 0 Å². The molecular weight excluding hydrogens is 286 g/mol. The van der Waals surface area contributed by atoms with Crippen LogP contribution in [0.1, 0.15) is 0 Å². The Hall–Kier alpha value is -2.09. The summed E-state index contributed by atoms with van der Waals surface area (Å²) < 4.78 is 4.19. The predicted octanol–water partition coefficient (Wildman–Crippen LogP) is 0.131. The van der Waals surface area contributed by atoms with Crippen molar-refractivity contribution in [3.05, 3.63) is 29.4 Å². The summed E-state index contributed by atoms with van der Waals surface area (Å²) in [6.45, 7) is 0. The summed E-state index contributed by atoms with van der Waals surface area (Å²) in [4.78, 5) is 16.9. The van der Waals surface area contributed by atoms with Gasteiger partial charge in [-0.2, -0.15) is 5.10 Å². The molecule has 0 unspecified atom stereocenters. The number of hydrogen-bond acceptors (Lipinski definition) is 4. The molecule has 4 rings (SSSR count). The van der Waals surface area contributed by atoms with Gasteiger partial charge in [-0.05, 0) is 27.1 Å². The highest BCUT2D eigenvalue weighted by Gasteiger charge is 2.18. The Morgan fingerprint density at radius 1 is 1.06 bits per heavy atom. The van der Waals surface area contributed by atoms with E-state index in [4.69, 9.17) is 0 Å². The van der Waals surface area contributed by atoms with Gasteiger partial charge in [0.15, 0.2) is 11.7 Å². The van der Waals surface area contributed by atoms with Gasteiger partial charge in [0.25, 0.3) is 0 Å². The van der Waals surface area contributed by atoms with Crippen LogP contribution in [0.15, 0.2) is 29.4 Å². The van der Waals surface area contributed by atoms with E-state index in [-0.39, 0.29) is 0 Å². The molecule has 0 spiro atoms. The van der Waals surface area contributed by atoms with Crippen LogP contribution < -0.4 is 9.73 Å². The maximum atomic E-state index is 4.34. The fourth-order valence-electron chi connectivity index (χ4n) is 1.81. The molecule has 0 aliphatic heterocycles. The van der Waals surface area contributed by atoms with Crippen LogP contribution in [0.3, 0.4) is 0 Å². The number of aromatic nitrogens is 7. The van der Waals surface area contributed by atoms with Crippen LogP contribution in [-0.4, -0.2) is 24.5 Å². The number of rotatable bonds is 0. The fraction of sp³-hybridized carbons (Fsp3) is 0. The molecule has 0 atom stereocenters. The topological polar surface area (TPSA) is 74.2 Å². The van der Waals surface area contributed by atoms with Gasteiger partial charge in [-0.25, -0.2) is 14.5 Å². The van der Waals surface area contributed by atoms with E-state index in [2.05, 4.69) is 41.0 Å². The SMILES string of the molecule is Brc1c2nccnc2[n+]2[n-]c3nccnc3n12. The molecule has 17 heavy (non-hydrogen) atoms. The van der Waals surface area contributed by atoms with Crippen molar-refractivity contribution >= 4 is 38.4 Å². The van der Waals surface area contributed by atoms with Crippen LogP contribution in [0, 0.1) is 0 Å². The Labute approximate surface area is 102 Å². The molecule has 0 bridgehead atoms. The lowest BCUT2D eigenvalue weighted by Crippen LogP contribution is -2.31. The van der Waals surface area contributed by atoms with E-state index in [1.54, 1.807) is 33.9 Å². The molecule has 0 aromatic carbocycles. The fourth-order valence-corrected chi connectivity index (χ4v) is 2.41. The molecule has 0 radical (unpaired) electrons. The first-order valence-corrected chi connectivity index (χ1v) is 5.62. The zero-order chi connectivity index (χ0) is 11.4. The van der Waals surface area contributed by atoms with Crippen LogP contribution in [0.4, 0.5) is 0 Å². The van der Waals surface area contributed by atoms with Gasteiger partial charge < -0.3 is 4.98 Å². The van der Waals surface area contributed by atoms with Crippen molar-refractivity contribution in [2.75, 3.05) is 0 Å². The average Bonchev–Trinajstić information content (AvgIpc) is 2.88. The Morgan fingerprint density at radius 3 is 2.76 bits per heavy atom. The third-order valence-electron chi connectivity index (χ3n) is 2.49. The smallest absolute Gasteiger partial charge is 0.363 e. The van der Waals surface area contributed by atoms with Gasteiger partial charge in [0.1, 0.15) is 10.3 Å². The van der Waals surface area contributed by atoms with Gasteiger partial charge in [-0.1, -0.05) is 0 Å². The summed E-state index contributed by atoms with van der Waals surface area (Å²) in [5, 5.41) is 4.34. The largest absolute Gasteiger partial charge is 0.372 e. The minimum absolute atomic E-state index is 0.570. The van der Waals surface area contributed by atoms with Crippen molar-refractivity contribution in [2.24, 2.45) is 0 Å². The molecule has 0 N–H and O–H groups in total. The Bertz CT molecular complexity index is 856. The van der Waals surface area contributed by atoms with E-state index in [0.717, 1.165) is 10.1 Å². The Balaban J connectivity index is 2.40. The minimum atomic E-state index is 0.570. The van der Waals surface area contributed by atoms with Crippen molar-refractivity contribution in [1.29, 1.82) is 0 Å². The first kappa shape index (κ1) is 8.99. The lowest BCUT2D eigenvalue weighted by Gasteiger charge is -1.92. The second kappa shape index (κ2) is 2.98. The lowest BCUT2D eigenvalue weighted by molar-refractivity contribution is -0.652. The summed E-state index contributed by atoms with van der Waals surface area (Å²) in [5.41, 5.74) is 2.65. The third kappa shape index (κ3) is 1.02. The van der Waals surface area contributed by atoms with Crippen molar-refractivity contribution in [1.82, 2.24) is 29.5 Å². The second-order valence-corrected chi connectivity index (χ2v) is 4.18. The van der Waals surface area contributed by atoms with Crippen LogP contribution in [-0.2, 0) is 0 Å². The Kier molecular flexibility index (Phi) is 1.57. The van der Waals surface area contributed by atoms with Gasteiger partial charge >= 0.3 is 5.65 Å². The molecule has 0 fully saturated rings. The number of halogens is 1. The molecule has 0 saturated carbocycles. The molecule has 82 valence electrons.